The molecule has 2 atom stereocenters. The number of benzene rings is 1. The van der Waals surface area contributed by atoms with Gasteiger partial charge in [0.2, 0.25) is 0 Å². The molecule has 0 unspecified atom stereocenters. The van der Waals surface area contributed by atoms with Gasteiger partial charge in [0.15, 0.2) is 0 Å². The van der Waals surface area contributed by atoms with Crippen molar-refractivity contribution in [1.29, 1.82) is 0 Å². The predicted octanol–water partition coefficient (Wildman–Crippen LogP) is 3.15. The van der Waals surface area contributed by atoms with Gasteiger partial charge in [0, 0.05) is 58.5 Å². The van der Waals surface area contributed by atoms with Gasteiger partial charge in [-0.15, -0.1) is 0 Å². The van der Waals surface area contributed by atoms with Crippen LogP contribution in [0.5, 0.6) is 0 Å². The molecular weight excluding hydrogens is 510 g/mol. The molecule has 3 aromatic rings. The molecule has 4 heterocycles. The minimum absolute atomic E-state index is 0.0384. The number of fused-ring (bicyclic) bond motifs is 1. The minimum Gasteiger partial charge on any atom is -0.478 e. The lowest BCUT2D eigenvalue weighted by atomic mass is 9.94. The quantitative estimate of drug-likeness (QED) is 0.437. The van der Waals surface area contributed by atoms with Crippen LogP contribution in [0.15, 0.2) is 30.6 Å². The molecule has 3 aliphatic rings. The molecule has 1 amide bonds. The number of ether oxygens (including phenoxy) is 1. The Hall–Kier alpha value is -3.57. The van der Waals surface area contributed by atoms with E-state index in [4.69, 9.17) is 9.72 Å². The van der Waals surface area contributed by atoms with Gasteiger partial charge in [-0.25, -0.2) is 19.7 Å². The first kappa shape index (κ1) is 26.6. The van der Waals surface area contributed by atoms with E-state index in [1.807, 2.05) is 11.0 Å². The number of amides is 1. The first-order valence-corrected chi connectivity index (χ1v) is 14.4. The van der Waals surface area contributed by atoms with E-state index in [0.717, 1.165) is 62.7 Å². The van der Waals surface area contributed by atoms with Crippen molar-refractivity contribution in [2.45, 2.75) is 56.6 Å². The molecule has 1 aromatic carbocycles. The number of nitrogens with zero attached hydrogens (tertiary/aromatic N) is 6. The number of H-pyrrole nitrogens is 1. The predicted molar refractivity (Wildman–Crippen MR) is 150 cm³/mol. The molecule has 0 radical (unpaired) electrons. The zero-order chi connectivity index (χ0) is 27.6. The van der Waals surface area contributed by atoms with Crippen LogP contribution in [-0.2, 0) is 4.74 Å². The summed E-state index contributed by atoms with van der Waals surface area (Å²) in [4.78, 5) is 48.1. The molecule has 1 aliphatic carbocycles. The van der Waals surface area contributed by atoms with Gasteiger partial charge >= 0.3 is 5.97 Å². The summed E-state index contributed by atoms with van der Waals surface area (Å²) >= 11 is 0. The molecule has 0 bridgehead atoms. The lowest BCUT2D eigenvalue weighted by molar-refractivity contribution is -0.0736. The third kappa shape index (κ3) is 5.53. The van der Waals surface area contributed by atoms with Crippen LogP contribution >= 0.6 is 0 Å². The Labute approximate surface area is 233 Å². The van der Waals surface area contributed by atoms with Crippen LogP contribution < -0.4 is 4.90 Å². The SMILES string of the molecule is CN(c1cc(C(=O)N2CCN(C[C@@H](c3nc4ccc(C(=O)O)cc4[nH]3)[C@H]3CCO3)CC2)ncn1)C1CCCCC1. The third-order valence-corrected chi connectivity index (χ3v) is 8.75. The Morgan fingerprint density at radius 2 is 1.88 bits per heavy atom. The highest BCUT2D eigenvalue weighted by atomic mass is 16.5. The molecule has 2 saturated heterocycles. The number of nitrogens with one attached hydrogen (secondary N) is 1. The zero-order valence-electron chi connectivity index (χ0n) is 23.0. The maximum Gasteiger partial charge on any atom is 0.335 e. The van der Waals surface area contributed by atoms with Crippen LogP contribution in [0.25, 0.3) is 11.0 Å². The fraction of sp³-hybridized carbons (Fsp3) is 0.552. The first-order chi connectivity index (χ1) is 19.5. The maximum absolute atomic E-state index is 13.4. The van der Waals surface area contributed by atoms with Gasteiger partial charge in [0.25, 0.3) is 5.91 Å². The second-order valence-electron chi connectivity index (χ2n) is 11.2. The second-order valence-corrected chi connectivity index (χ2v) is 11.2. The van der Waals surface area contributed by atoms with E-state index in [-0.39, 0.29) is 23.5 Å². The molecule has 11 nitrogen and oxygen atoms in total. The van der Waals surface area contributed by atoms with Crippen LogP contribution in [-0.4, -0.2) is 105 Å². The van der Waals surface area contributed by atoms with Crippen molar-refractivity contribution in [2.24, 2.45) is 0 Å². The normalized spacial score (nSPS) is 21.2. The second kappa shape index (κ2) is 11.5. The van der Waals surface area contributed by atoms with Gasteiger partial charge in [-0.1, -0.05) is 19.3 Å². The van der Waals surface area contributed by atoms with E-state index in [1.165, 1.54) is 25.6 Å². The number of rotatable bonds is 8. The van der Waals surface area contributed by atoms with Crippen LogP contribution in [0.1, 0.15) is 71.1 Å². The largest absolute Gasteiger partial charge is 0.478 e. The van der Waals surface area contributed by atoms with Gasteiger partial charge in [-0.05, 0) is 37.5 Å². The van der Waals surface area contributed by atoms with Gasteiger partial charge in [-0.2, -0.15) is 0 Å². The molecule has 1 saturated carbocycles. The Kier molecular flexibility index (Phi) is 7.66. The molecule has 2 aliphatic heterocycles. The van der Waals surface area contributed by atoms with Crippen LogP contribution in [0.4, 0.5) is 5.82 Å². The molecule has 6 rings (SSSR count). The number of piperazine rings is 1. The average molecular weight is 548 g/mol. The Morgan fingerprint density at radius 3 is 2.58 bits per heavy atom. The van der Waals surface area contributed by atoms with Crippen LogP contribution in [0, 0.1) is 0 Å². The summed E-state index contributed by atoms with van der Waals surface area (Å²) in [6.07, 6.45) is 8.65. The number of hydrogen-bond donors (Lipinski definition) is 2. The number of aromatic nitrogens is 4. The number of anilines is 1. The summed E-state index contributed by atoms with van der Waals surface area (Å²) in [6.45, 7) is 4.23. The summed E-state index contributed by atoms with van der Waals surface area (Å²) in [6, 6.07) is 7.25. The summed E-state index contributed by atoms with van der Waals surface area (Å²) in [5.41, 5.74) is 2.15. The number of carboxylic acid groups (broad SMARTS) is 1. The maximum atomic E-state index is 13.4. The van der Waals surface area contributed by atoms with Gasteiger partial charge in [0.05, 0.1) is 28.6 Å². The number of carboxylic acids is 1. The number of carbonyl (C=O) groups excluding carboxylic acids is 1. The Morgan fingerprint density at radius 1 is 1.10 bits per heavy atom. The molecule has 11 heteroatoms. The van der Waals surface area contributed by atoms with Crippen LogP contribution in [0.2, 0.25) is 0 Å². The minimum atomic E-state index is -0.959. The molecule has 0 spiro atoms. The molecule has 40 heavy (non-hydrogen) atoms. The van der Waals surface area contributed by atoms with Crippen molar-refractivity contribution < 1.29 is 19.4 Å². The first-order valence-electron chi connectivity index (χ1n) is 14.4. The van der Waals surface area contributed by atoms with E-state index in [1.54, 1.807) is 18.2 Å². The smallest absolute Gasteiger partial charge is 0.335 e. The van der Waals surface area contributed by atoms with Crippen molar-refractivity contribution in [3.63, 3.8) is 0 Å². The van der Waals surface area contributed by atoms with E-state index >= 15 is 0 Å². The zero-order valence-corrected chi connectivity index (χ0v) is 23.0. The third-order valence-electron chi connectivity index (χ3n) is 8.75. The highest BCUT2D eigenvalue weighted by molar-refractivity contribution is 5.93. The number of aromatic carboxylic acids is 1. The summed E-state index contributed by atoms with van der Waals surface area (Å²) in [7, 11) is 2.07. The van der Waals surface area contributed by atoms with Crippen molar-refractivity contribution in [3.8, 4) is 0 Å². The van der Waals surface area contributed by atoms with Crippen molar-refractivity contribution in [2.75, 3.05) is 51.3 Å². The summed E-state index contributed by atoms with van der Waals surface area (Å²) in [5, 5.41) is 9.34. The molecule has 2 N–H and O–H groups in total. The van der Waals surface area contributed by atoms with E-state index < -0.39 is 5.97 Å². The number of aromatic amines is 1. The lowest BCUT2D eigenvalue weighted by Gasteiger charge is -2.39. The lowest BCUT2D eigenvalue weighted by Crippen LogP contribution is -2.51. The summed E-state index contributed by atoms with van der Waals surface area (Å²) < 4.78 is 5.87. The van der Waals surface area contributed by atoms with E-state index in [9.17, 15) is 14.7 Å². The standard InChI is InChI=1S/C29H37N7O4/c1-34(20-5-3-2-4-6-20)26-16-24(30-18-31-26)28(37)36-12-10-35(11-13-36)17-21(25-9-14-40-25)27-32-22-8-7-19(29(38)39)15-23(22)33-27/h7-8,15-16,18,20-21,25H,2-6,9-14,17H2,1H3,(H,32,33)(H,38,39)/t21-,25-/m1/s1. The van der Waals surface area contributed by atoms with Crippen molar-refractivity contribution in [3.05, 3.63) is 47.7 Å². The average Bonchev–Trinajstić information content (AvgIpc) is 3.39. The highest BCUT2D eigenvalue weighted by Crippen LogP contribution is 2.31. The van der Waals surface area contributed by atoms with Gasteiger partial charge in [0.1, 0.15) is 23.7 Å². The van der Waals surface area contributed by atoms with Crippen LogP contribution in [0.3, 0.4) is 0 Å². The van der Waals surface area contributed by atoms with Gasteiger partial charge < -0.3 is 24.6 Å². The number of hydrogen-bond acceptors (Lipinski definition) is 8. The fourth-order valence-corrected chi connectivity index (χ4v) is 6.18. The number of carbonyl (C=O) groups is 2. The number of imidazole rings is 1. The van der Waals surface area contributed by atoms with Crippen molar-refractivity contribution >= 4 is 28.7 Å². The monoisotopic (exact) mass is 547 g/mol. The van der Waals surface area contributed by atoms with E-state index in [2.05, 4.69) is 31.8 Å². The van der Waals surface area contributed by atoms with Gasteiger partial charge in [-0.3, -0.25) is 9.69 Å². The summed E-state index contributed by atoms with van der Waals surface area (Å²) in [5.74, 6) is 0.658. The molecule has 212 valence electrons. The Balaban J connectivity index is 1.09. The Bertz CT molecular complexity index is 1360. The van der Waals surface area contributed by atoms with E-state index in [0.29, 0.717) is 30.3 Å². The highest BCUT2D eigenvalue weighted by Gasteiger charge is 2.35. The molecule has 3 fully saturated rings. The topological polar surface area (TPSA) is 128 Å². The molecule has 2 aromatic heterocycles. The molecular formula is C29H37N7O4. The fourth-order valence-electron chi connectivity index (χ4n) is 6.18. The van der Waals surface area contributed by atoms with Crippen molar-refractivity contribution in [1.82, 2.24) is 29.7 Å².